The van der Waals surface area contributed by atoms with Crippen LogP contribution >= 0.6 is 23.2 Å². The average molecular weight is 299 g/mol. The molecule has 3 atom stereocenters. The largest absolute Gasteiger partial charge is 0.328 e. The van der Waals surface area contributed by atoms with E-state index in [1.165, 1.54) is 18.4 Å². The highest BCUT2D eigenvalue weighted by atomic mass is 35.5. The van der Waals surface area contributed by atoms with Crippen LogP contribution in [0.3, 0.4) is 0 Å². The van der Waals surface area contributed by atoms with Gasteiger partial charge in [0.25, 0.3) is 0 Å². The third-order valence-corrected chi connectivity index (χ3v) is 5.25. The fraction of sp³-hybridized carbons (Fsp3) is 0.600. The van der Waals surface area contributed by atoms with Gasteiger partial charge in [-0.05, 0) is 50.3 Å². The summed E-state index contributed by atoms with van der Waals surface area (Å²) in [6, 6.07) is 7.79. The second-order valence-electron chi connectivity index (χ2n) is 5.91. The Hall–Kier alpha value is -0.280. The summed E-state index contributed by atoms with van der Waals surface area (Å²) in [5.74, 6) is 0. The molecule has 2 bridgehead atoms. The van der Waals surface area contributed by atoms with E-state index >= 15 is 0 Å². The smallest absolute Gasteiger partial charge is 0.0468 e. The molecule has 2 heterocycles. The number of rotatable bonds is 2. The minimum atomic E-state index is 0.342. The number of nitrogens with two attached hydrogens (primary N) is 1. The summed E-state index contributed by atoms with van der Waals surface area (Å²) in [7, 11) is 0. The Morgan fingerprint density at radius 2 is 1.84 bits per heavy atom. The van der Waals surface area contributed by atoms with Crippen molar-refractivity contribution in [3.63, 3.8) is 0 Å². The van der Waals surface area contributed by atoms with E-state index in [1.807, 2.05) is 12.1 Å². The van der Waals surface area contributed by atoms with E-state index in [9.17, 15) is 0 Å². The molecule has 0 aromatic heterocycles. The Morgan fingerprint density at radius 1 is 1.21 bits per heavy atom. The van der Waals surface area contributed by atoms with Gasteiger partial charge in [0.1, 0.15) is 0 Å². The minimum Gasteiger partial charge on any atom is -0.328 e. The molecule has 3 rings (SSSR count). The van der Waals surface area contributed by atoms with Crippen molar-refractivity contribution in [3.8, 4) is 0 Å². The second-order valence-corrected chi connectivity index (χ2v) is 6.75. The lowest BCUT2D eigenvalue weighted by Crippen LogP contribution is -2.48. The maximum Gasteiger partial charge on any atom is 0.0468 e. The van der Waals surface area contributed by atoms with Gasteiger partial charge in [-0.25, -0.2) is 0 Å². The molecule has 19 heavy (non-hydrogen) atoms. The zero-order valence-electron chi connectivity index (χ0n) is 11.2. The Bertz CT molecular complexity index is 463. The van der Waals surface area contributed by atoms with Crippen molar-refractivity contribution in [1.82, 2.24) is 4.90 Å². The van der Waals surface area contributed by atoms with Gasteiger partial charge in [-0.3, -0.25) is 4.90 Å². The Morgan fingerprint density at radius 3 is 2.42 bits per heavy atom. The molecule has 2 N–H and O–H groups in total. The van der Waals surface area contributed by atoms with E-state index in [0.717, 1.165) is 17.9 Å². The molecule has 0 spiro atoms. The molecule has 1 aromatic rings. The van der Waals surface area contributed by atoms with Crippen LogP contribution < -0.4 is 5.73 Å². The van der Waals surface area contributed by atoms with Gasteiger partial charge in [0, 0.05) is 34.2 Å². The van der Waals surface area contributed by atoms with Crippen LogP contribution in [0.15, 0.2) is 18.2 Å². The van der Waals surface area contributed by atoms with Gasteiger partial charge in [0.05, 0.1) is 0 Å². The van der Waals surface area contributed by atoms with E-state index in [0.29, 0.717) is 29.2 Å². The van der Waals surface area contributed by atoms with Crippen LogP contribution in [0.1, 0.15) is 44.2 Å². The van der Waals surface area contributed by atoms with Crippen LogP contribution in [0.5, 0.6) is 0 Å². The van der Waals surface area contributed by atoms with Crippen molar-refractivity contribution < 1.29 is 0 Å². The monoisotopic (exact) mass is 298 g/mol. The number of benzene rings is 1. The summed E-state index contributed by atoms with van der Waals surface area (Å²) in [5.41, 5.74) is 7.32. The molecule has 104 valence electrons. The number of piperidine rings is 1. The fourth-order valence-corrected chi connectivity index (χ4v) is 4.46. The number of hydrogen-bond donors (Lipinski definition) is 1. The number of nitrogens with zero attached hydrogens (tertiary/aromatic N) is 1. The van der Waals surface area contributed by atoms with Crippen LogP contribution in [0.2, 0.25) is 10.0 Å². The molecular weight excluding hydrogens is 279 g/mol. The quantitative estimate of drug-likeness (QED) is 0.894. The summed E-state index contributed by atoms with van der Waals surface area (Å²) in [5, 5.41) is 1.47. The van der Waals surface area contributed by atoms with Crippen LogP contribution in [-0.2, 0) is 0 Å². The minimum absolute atomic E-state index is 0.342. The maximum absolute atomic E-state index is 6.35. The Balaban J connectivity index is 1.86. The van der Waals surface area contributed by atoms with E-state index < -0.39 is 0 Å². The zero-order valence-corrected chi connectivity index (χ0v) is 12.7. The van der Waals surface area contributed by atoms with Gasteiger partial charge in [-0.1, -0.05) is 29.3 Å². The van der Waals surface area contributed by atoms with Gasteiger partial charge in [0.15, 0.2) is 0 Å². The van der Waals surface area contributed by atoms with Gasteiger partial charge >= 0.3 is 0 Å². The lowest BCUT2D eigenvalue weighted by molar-refractivity contribution is 0.0854. The van der Waals surface area contributed by atoms with Gasteiger partial charge < -0.3 is 5.73 Å². The highest BCUT2D eigenvalue weighted by Crippen LogP contribution is 2.42. The normalized spacial score (nSPS) is 32.5. The van der Waals surface area contributed by atoms with Crippen molar-refractivity contribution in [2.75, 3.05) is 0 Å². The van der Waals surface area contributed by atoms with Gasteiger partial charge in [0.2, 0.25) is 0 Å². The molecule has 0 amide bonds. The zero-order chi connectivity index (χ0) is 13.6. The average Bonchev–Trinajstić information content (AvgIpc) is 2.61. The van der Waals surface area contributed by atoms with Crippen molar-refractivity contribution >= 4 is 23.2 Å². The molecule has 2 fully saturated rings. The third kappa shape index (κ3) is 2.52. The molecule has 0 saturated carbocycles. The predicted molar refractivity (Wildman–Crippen MR) is 80.7 cm³/mol. The number of fused-ring (bicyclic) bond motifs is 2. The summed E-state index contributed by atoms with van der Waals surface area (Å²) in [4.78, 5) is 2.62. The van der Waals surface area contributed by atoms with E-state index in [-0.39, 0.29) is 0 Å². The van der Waals surface area contributed by atoms with Crippen molar-refractivity contribution in [3.05, 3.63) is 33.8 Å². The van der Waals surface area contributed by atoms with E-state index in [1.54, 1.807) is 0 Å². The molecule has 3 unspecified atom stereocenters. The highest BCUT2D eigenvalue weighted by molar-refractivity contribution is 6.35. The van der Waals surface area contributed by atoms with E-state index in [4.69, 9.17) is 28.9 Å². The Kier molecular flexibility index (Phi) is 3.78. The lowest BCUT2D eigenvalue weighted by atomic mass is 9.94. The first-order chi connectivity index (χ1) is 9.06. The van der Waals surface area contributed by atoms with Crippen LogP contribution in [-0.4, -0.2) is 23.0 Å². The number of hydrogen-bond acceptors (Lipinski definition) is 2. The van der Waals surface area contributed by atoms with Crippen molar-refractivity contribution in [2.45, 2.75) is 56.8 Å². The molecule has 2 aliphatic rings. The van der Waals surface area contributed by atoms with E-state index in [2.05, 4.69) is 17.9 Å². The van der Waals surface area contributed by atoms with Crippen LogP contribution in [0, 0.1) is 0 Å². The molecular formula is C15H20Cl2N2. The predicted octanol–water partition coefficient (Wildman–Crippen LogP) is 4.01. The summed E-state index contributed by atoms with van der Waals surface area (Å²) in [6.07, 6.45) is 4.78. The van der Waals surface area contributed by atoms with Crippen molar-refractivity contribution in [1.29, 1.82) is 0 Å². The highest BCUT2D eigenvalue weighted by Gasteiger charge is 2.42. The van der Waals surface area contributed by atoms with Gasteiger partial charge in [-0.2, -0.15) is 0 Å². The molecule has 4 heteroatoms. The number of halogens is 2. The lowest BCUT2D eigenvalue weighted by Gasteiger charge is -2.42. The molecule has 0 radical (unpaired) electrons. The first-order valence-electron chi connectivity index (χ1n) is 7.04. The standard InChI is InChI=1S/C15H20Cl2N2/c1-9(14-5-2-10(16)6-15(14)17)19-12-3-4-13(19)8-11(18)7-12/h2,5-6,9,11-13H,3-4,7-8,18H2,1H3. The molecule has 2 aliphatic heterocycles. The molecule has 0 aliphatic carbocycles. The van der Waals surface area contributed by atoms with Gasteiger partial charge in [-0.15, -0.1) is 0 Å². The molecule has 2 saturated heterocycles. The second kappa shape index (κ2) is 5.25. The SMILES string of the molecule is CC(c1ccc(Cl)cc1Cl)N1C2CCC1CC(N)C2. The molecule has 1 aromatic carbocycles. The fourth-order valence-electron chi connectivity index (χ4n) is 3.89. The first kappa shape index (κ1) is 13.7. The third-order valence-electron chi connectivity index (χ3n) is 4.69. The van der Waals surface area contributed by atoms with Crippen molar-refractivity contribution in [2.24, 2.45) is 5.73 Å². The molecule has 2 nitrogen and oxygen atoms in total. The summed E-state index contributed by atoms with van der Waals surface area (Å²) < 4.78 is 0. The Labute approximate surface area is 124 Å². The maximum atomic E-state index is 6.35. The summed E-state index contributed by atoms with van der Waals surface area (Å²) in [6.45, 7) is 2.25. The van der Waals surface area contributed by atoms with Crippen LogP contribution in [0.25, 0.3) is 0 Å². The first-order valence-corrected chi connectivity index (χ1v) is 7.80. The topological polar surface area (TPSA) is 29.3 Å². The van der Waals surface area contributed by atoms with Crippen LogP contribution in [0.4, 0.5) is 0 Å². The summed E-state index contributed by atoms with van der Waals surface area (Å²) >= 11 is 12.3.